The van der Waals surface area contributed by atoms with Gasteiger partial charge in [0.25, 0.3) is 0 Å². The zero-order valence-electron chi connectivity index (χ0n) is 10.1. The highest BCUT2D eigenvalue weighted by Gasteiger charge is 2.12. The number of rotatable bonds is 1. The summed E-state index contributed by atoms with van der Waals surface area (Å²) < 4.78 is 5.77. The molecule has 3 aromatic rings. The third kappa shape index (κ3) is 2.27. The number of aromatic nitrogens is 1. The molecule has 0 amide bonds. The van der Waals surface area contributed by atoms with E-state index in [0.717, 1.165) is 22.2 Å². The first-order valence-corrected chi connectivity index (χ1v) is 6.41. The van der Waals surface area contributed by atoms with Crippen LogP contribution in [0.4, 0.5) is 5.69 Å². The molecule has 1 heterocycles. The SMILES string of the molecule is Cc1cc(Cl)cc2nc(-c3cc(N)cc(Cl)c3)oc12. The lowest BCUT2D eigenvalue weighted by Gasteiger charge is -1.99. The number of halogens is 2. The Balaban J connectivity index is 2.23. The molecule has 0 saturated carbocycles. The van der Waals surface area contributed by atoms with Crippen molar-refractivity contribution in [1.82, 2.24) is 4.98 Å². The van der Waals surface area contributed by atoms with E-state index in [0.29, 0.717) is 21.6 Å². The highest BCUT2D eigenvalue weighted by atomic mass is 35.5. The number of fused-ring (bicyclic) bond motifs is 1. The van der Waals surface area contributed by atoms with Crippen LogP contribution in [0.1, 0.15) is 5.56 Å². The lowest BCUT2D eigenvalue weighted by Crippen LogP contribution is -1.86. The van der Waals surface area contributed by atoms with Gasteiger partial charge in [0.2, 0.25) is 5.89 Å². The van der Waals surface area contributed by atoms with Crippen LogP contribution in [-0.4, -0.2) is 4.98 Å². The third-order valence-electron chi connectivity index (χ3n) is 2.81. The van der Waals surface area contributed by atoms with E-state index in [-0.39, 0.29) is 0 Å². The Morgan fingerprint density at radius 1 is 1.05 bits per heavy atom. The van der Waals surface area contributed by atoms with Crippen molar-refractivity contribution in [3.8, 4) is 11.5 Å². The molecule has 1 aromatic heterocycles. The second kappa shape index (κ2) is 4.44. The fraction of sp³-hybridized carbons (Fsp3) is 0.0714. The maximum atomic E-state index is 6.01. The van der Waals surface area contributed by atoms with Crippen molar-refractivity contribution in [3.05, 3.63) is 45.9 Å². The first kappa shape index (κ1) is 12.3. The van der Waals surface area contributed by atoms with Gasteiger partial charge in [-0.15, -0.1) is 0 Å². The molecule has 0 atom stereocenters. The van der Waals surface area contributed by atoms with Gasteiger partial charge in [-0.3, -0.25) is 0 Å². The van der Waals surface area contributed by atoms with Gasteiger partial charge < -0.3 is 10.2 Å². The van der Waals surface area contributed by atoms with Gasteiger partial charge in [-0.25, -0.2) is 4.98 Å². The first-order chi connectivity index (χ1) is 9.02. The molecule has 0 fully saturated rings. The summed E-state index contributed by atoms with van der Waals surface area (Å²) in [5.41, 5.74) is 9.47. The summed E-state index contributed by atoms with van der Waals surface area (Å²) in [6.45, 7) is 1.93. The largest absolute Gasteiger partial charge is 0.436 e. The molecule has 0 aliphatic rings. The van der Waals surface area contributed by atoms with Gasteiger partial charge in [0, 0.05) is 21.3 Å². The smallest absolute Gasteiger partial charge is 0.227 e. The fourth-order valence-corrected chi connectivity index (χ4v) is 2.53. The highest BCUT2D eigenvalue weighted by Crippen LogP contribution is 2.31. The Hall–Kier alpha value is -1.71. The van der Waals surface area contributed by atoms with Gasteiger partial charge in [-0.1, -0.05) is 23.2 Å². The van der Waals surface area contributed by atoms with Crippen LogP contribution in [0, 0.1) is 6.92 Å². The monoisotopic (exact) mass is 292 g/mol. The minimum Gasteiger partial charge on any atom is -0.436 e. The Kier molecular flexibility index (Phi) is 2.88. The predicted octanol–water partition coefficient (Wildman–Crippen LogP) is 4.69. The van der Waals surface area contributed by atoms with Crippen molar-refractivity contribution < 1.29 is 4.42 Å². The number of nitrogens with two attached hydrogens (primary N) is 1. The topological polar surface area (TPSA) is 52.0 Å². The van der Waals surface area contributed by atoms with E-state index in [4.69, 9.17) is 33.4 Å². The average molecular weight is 293 g/mol. The summed E-state index contributed by atoms with van der Waals surface area (Å²) in [6.07, 6.45) is 0. The van der Waals surface area contributed by atoms with Crippen LogP contribution in [0.2, 0.25) is 10.0 Å². The zero-order chi connectivity index (χ0) is 13.6. The molecule has 3 rings (SSSR count). The van der Waals surface area contributed by atoms with E-state index >= 15 is 0 Å². The normalized spacial score (nSPS) is 11.1. The molecule has 0 saturated heterocycles. The Labute approximate surface area is 119 Å². The zero-order valence-corrected chi connectivity index (χ0v) is 11.6. The number of oxazole rings is 1. The molecule has 0 unspecified atom stereocenters. The summed E-state index contributed by atoms with van der Waals surface area (Å²) >= 11 is 12.0. The van der Waals surface area contributed by atoms with E-state index in [9.17, 15) is 0 Å². The van der Waals surface area contributed by atoms with E-state index in [1.807, 2.05) is 13.0 Å². The first-order valence-electron chi connectivity index (χ1n) is 5.66. The molecule has 5 heteroatoms. The predicted molar refractivity (Wildman–Crippen MR) is 78.6 cm³/mol. The maximum absolute atomic E-state index is 6.01. The second-order valence-electron chi connectivity index (χ2n) is 4.36. The standard InChI is InChI=1S/C14H10Cl2N2O/c1-7-2-9(15)6-12-13(7)19-14(18-12)8-3-10(16)5-11(17)4-8/h2-6H,17H2,1H3. The number of anilines is 1. The van der Waals surface area contributed by atoms with Crippen molar-refractivity contribution in [2.45, 2.75) is 6.92 Å². The van der Waals surface area contributed by atoms with Crippen LogP contribution in [0.3, 0.4) is 0 Å². The molecule has 2 aromatic carbocycles. The van der Waals surface area contributed by atoms with Crippen LogP contribution < -0.4 is 5.73 Å². The van der Waals surface area contributed by atoms with E-state index in [1.165, 1.54) is 0 Å². The quantitative estimate of drug-likeness (QED) is 0.662. The molecular weight excluding hydrogens is 283 g/mol. The average Bonchev–Trinajstić information content (AvgIpc) is 2.71. The fourth-order valence-electron chi connectivity index (χ4n) is 2.02. The van der Waals surface area contributed by atoms with E-state index < -0.39 is 0 Å². The second-order valence-corrected chi connectivity index (χ2v) is 5.24. The number of nitrogens with zero attached hydrogens (tertiary/aromatic N) is 1. The number of hydrogen-bond donors (Lipinski definition) is 1. The molecule has 0 spiro atoms. The minimum absolute atomic E-state index is 0.481. The molecule has 0 bridgehead atoms. The van der Waals surface area contributed by atoms with E-state index in [2.05, 4.69) is 4.98 Å². The highest BCUT2D eigenvalue weighted by molar-refractivity contribution is 6.31. The van der Waals surface area contributed by atoms with Crippen molar-refractivity contribution in [3.63, 3.8) is 0 Å². The Morgan fingerprint density at radius 3 is 2.53 bits per heavy atom. The van der Waals surface area contributed by atoms with Crippen molar-refractivity contribution >= 4 is 40.0 Å². The number of benzene rings is 2. The lowest BCUT2D eigenvalue weighted by molar-refractivity contribution is 0.617. The van der Waals surface area contributed by atoms with E-state index in [1.54, 1.807) is 24.3 Å². The van der Waals surface area contributed by atoms with Crippen molar-refractivity contribution in [1.29, 1.82) is 0 Å². The molecule has 19 heavy (non-hydrogen) atoms. The number of aryl methyl sites for hydroxylation is 1. The molecular formula is C14H10Cl2N2O. The Bertz CT molecular complexity index is 760. The van der Waals surface area contributed by atoms with Crippen LogP contribution in [0.5, 0.6) is 0 Å². The van der Waals surface area contributed by atoms with Crippen LogP contribution in [0.25, 0.3) is 22.6 Å². The number of hydrogen-bond acceptors (Lipinski definition) is 3. The van der Waals surface area contributed by atoms with Crippen LogP contribution >= 0.6 is 23.2 Å². The van der Waals surface area contributed by atoms with Crippen LogP contribution in [0.15, 0.2) is 34.7 Å². The Morgan fingerprint density at radius 2 is 1.79 bits per heavy atom. The molecule has 0 radical (unpaired) electrons. The summed E-state index contributed by atoms with van der Waals surface area (Å²) in [5.74, 6) is 0.481. The summed E-state index contributed by atoms with van der Waals surface area (Å²) in [6, 6.07) is 8.82. The minimum atomic E-state index is 0.481. The summed E-state index contributed by atoms with van der Waals surface area (Å²) in [5, 5.41) is 1.18. The molecule has 2 N–H and O–H groups in total. The van der Waals surface area contributed by atoms with Gasteiger partial charge >= 0.3 is 0 Å². The molecule has 0 aliphatic heterocycles. The van der Waals surface area contributed by atoms with Crippen molar-refractivity contribution in [2.75, 3.05) is 5.73 Å². The van der Waals surface area contributed by atoms with Gasteiger partial charge in [-0.05, 0) is 42.8 Å². The van der Waals surface area contributed by atoms with Gasteiger partial charge in [0.1, 0.15) is 5.52 Å². The molecule has 3 nitrogen and oxygen atoms in total. The summed E-state index contributed by atoms with van der Waals surface area (Å²) in [7, 11) is 0. The maximum Gasteiger partial charge on any atom is 0.227 e. The lowest BCUT2D eigenvalue weighted by atomic mass is 10.2. The third-order valence-corrected chi connectivity index (χ3v) is 3.24. The summed E-state index contributed by atoms with van der Waals surface area (Å²) in [4.78, 5) is 4.42. The molecule has 96 valence electrons. The van der Waals surface area contributed by atoms with Gasteiger partial charge in [-0.2, -0.15) is 0 Å². The number of nitrogen functional groups attached to an aromatic ring is 1. The van der Waals surface area contributed by atoms with Crippen molar-refractivity contribution in [2.24, 2.45) is 0 Å². The van der Waals surface area contributed by atoms with Gasteiger partial charge in [0.05, 0.1) is 0 Å². The van der Waals surface area contributed by atoms with Gasteiger partial charge in [0.15, 0.2) is 5.58 Å². The van der Waals surface area contributed by atoms with Crippen LogP contribution in [-0.2, 0) is 0 Å². The molecule has 0 aliphatic carbocycles.